The number of aliphatic carboxylic acids is 1. The van der Waals surface area contributed by atoms with Gasteiger partial charge in [0.25, 0.3) is 0 Å². The number of carboxylic acid groups (broad SMARTS) is 1. The Morgan fingerprint density at radius 2 is 1.82 bits per heavy atom. The summed E-state index contributed by atoms with van der Waals surface area (Å²) in [7, 11) is 0. The van der Waals surface area contributed by atoms with E-state index in [1.54, 1.807) is 0 Å². The molecule has 0 atom stereocenters. The third-order valence-electron chi connectivity index (χ3n) is 1.24. The molecule has 0 spiro atoms. The number of carbonyl (C=O) groups is 2. The lowest BCUT2D eigenvalue weighted by atomic mass is 10.1. The number of hydrogen-bond donors (Lipinski definition) is 2. The van der Waals surface area contributed by atoms with Crippen LogP contribution in [0, 0.1) is 0 Å². The standard InChI is InChI=1S/C7H12O3S/c8-6(4-5-11)2-1-3-7(9)10/h11H,1-5H2,(H,9,10). The Bertz CT molecular complexity index is 145. The van der Waals surface area contributed by atoms with Crippen LogP contribution in [0.2, 0.25) is 0 Å². The molecule has 0 aliphatic rings. The lowest BCUT2D eigenvalue weighted by molar-refractivity contribution is -0.137. The Balaban J connectivity index is 3.24. The van der Waals surface area contributed by atoms with Crippen molar-refractivity contribution < 1.29 is 14.7 Å². The summed E-state index contributed by atoms with van der Waals surface area (Å²) in [5, 5.41) is 8.23. The molecule has 0 aliphatic carbocycles. The van der Waals surface area contributed by atoms with Crippen LogP contribution in [0.4, 0.5) is 0 Å². The number of Topliss-reactive ketones (excluding diaryl/α,β-unsaturated/α-hetero) is 1. The minimum Gasteiger partial charge on any atom is -0.481 e. The van der Waals surface area contributed by atoms with Crippen LogP contribution in [0.25, 0.3) is 0 Å². The lowest BCUT2D eigenvalue weighted by Gasteiger charge is -1.95. The smallest absolute Gasteiger partial charge is 0.303 e. The van der Waals surface area contributed by atoms with E-state index in [4.69, 9.17) is 5.11 Å². The number of hydrogen-bond acceptors (Lipinski definition) is 3. The molecule has 3 nitrogen and oxygen atoms in total. The molecule has 1 N–H and O–H groups in total. The first-order chi connectivity index (χ1) is 5.16. The Hall–Kier alpha value is -0.510. The van der Waals surface area contributed by atoms with Crippen LogP contribution in [-0.4, -0.2) is 22.6 Å². The van der Waals surface area contributed by atoms with Crippen molar-refractivity contribution in [1.29, 1.82) is 0 Å². The van der Waals surface area contributed by atoms with Gasteiger partial charge in [0.2, 0.25) is 0 Å². The van der Waals surface area contributed by atoms with Crippen molar-refractivity contribution in [2.45, 2.75) is 25.7 Å². The van der Waals surface area contributed by atoms with Crippen molar-refractivity contribution >= 4 is 24.4 Å². The summed E-state index contributed by atoms with van der Waals surface area (Å²) in [5.74, 6) is -0.198. The van der Waals surface area contributed by atoms with Crippen LogP contribution in [0.1, 0.15) is 25.7 Å². The highest BCUT2D eigenvalue weighted by Crippen LogP contribution is 1.99. The van der Waals surface area contributed by atoms with E-state index in [0.29, 0.717) is 25.0 Å². The second-order valence-corrected chi connectivity index (χ2v) is 2.71. The van der Waals surface area contributed by atoms with Gasteiger partial charge in [0.1, 0.15) is 5.78 Å². The van der Waals surface area contributed by atoms with Gasteiger partial charge < -0.3 is 5.11 Å². The molecule has 0 aliphatic heterocycles. The van der Waals surface area contributed by atoms with Crippen molar-refractivity contribution in [3.8, 4) is 0 Å². The molecule has 11 heavy (non-hydrogen) atoms. The number of carbonyl (C=O) groups excluding carboxylic acids is 1. The lowest BCUT2D eigenvalue weighted by Crippen LogP contribution is -2.01. The summed E-state index contributed by atoms with van der Waals surface area (Å²) < 4.78 is 0. The summed E-state index contributed by atoms with van der Waals surface area (Å²) in [4.78, 5) is 20.8. The topological polar surface area (TPSA) is 54.4 Å². The molecule has 0 bridgehead atoms. The van der Waals surface area contributed by atoms with Gasteiger partial charge in [-0.25, -0.2) is 0 Å². The second-order valence-electron chi connectivity index (χ2n) is 2.26. The van der Waals surface area contributed by atoms with Crippen LogP contribution < -0.4 is 0 Å². The summed E-state index contributed by atoms with van der Waals surface area (Å²) in [6.45, 7) is 0. The Kier molecular flexibility index (Phi) is 5.93. The van der Waals surface area contributed by atoms with Crippen LogP contribution in [-0.2, 0) is 9.59 Å². The van der Waals surface area contributed by atoms with E-state index < -0.39 is 5.97 Å². The van der Waals surface area contributed by atoms with Crippen molar-refractivity contribution in [2.24, 2.45) is 0 Å². The summed E-state index contributed by atoms with van der Waals surface area (Å²) in [6, 6.07) is 0. The summed E-state index contributed by atoms with van der Waals surface area (Å²) in [5.41, 5.74) is 0. The minimum atomic E-state index is -0.844. The predicted molar refractivity (Wildman–Crippen MR) is 45.0 cm³/mol. The van der Waals surface area contributed by atoms with Crippen LogP contribution in [0.5, 0.6) is 0 Å². The van der Waals surface area contributed by atoms with E-state index in [1.807, 2.05) is 0 Å². The number of rotatable bonds is 6. The van der Waals surface area contributed by atoms with E-state index in [9.17, 15) is 9.59 Å². The first-order valence-corrected chi connectivity index (χ1v) is 4.14. The highest BCUT2D eigenvalue weighted by molar-refractivity contribution is 7.80. The van der Waals surface area contributed by atoms with Crippen molar-refractivity contribution in [1.82, 2.24) is 0 Å². The average molecular weight is 176 g/mol. The van der Waals surface area contributed by atoms with Crippen LogP contribution in [0.15, 0.2) is 0 Å². The van der Waals surface area contributed by atoms with E-state index in [1.165, 1.54) is 0 Å². The Morgan fingerprint density at radius 3 is 2.27 bits per heavy atom. The van der Waals surface area contributed by atoms with Crippen molar-refractivity contribution in [3.63, 3.8) is 0 Å². The third kappa shape index (κ3) is 7.39. The SMILES string of the molecule is O=C(O)CCCC(=O)CCS. The maximum atomic E-state index is 10.8. The third-order valence-corrected chi connectivity index (χ3v) is 1.46. The van der Waals surface area contributed by atoms with Gasteiger partial charge in [-0.15, -0.1) is 0 Å². The molecule has 0 saturated heterocycles. The maximum Gasteiger partial charge on any atom is 0.303 e. The van der Waals surface area contributed by atoms with E-state index in [-0.39, 0.29) is 12.2 Å². The molecule has 0 amide bonds. The van der Waals surface area contributed by atoms with Gasteiger partial charge in [-0.3, -0.25) is 9.59 Å². The van der Waals surface area contributed by atoms with Crippen LogP contribution >= 0.6 is 12.6 Å². The number of carboxylic acids is 1. The molecular weight excluding hydrogens is 164 g/mol. The molecular formula is C7H12O3S. The van der Waals surface area contributed by atoms with E-state index >= 15 is 0 Å². The molecule has 0 rings (SSSR count). The fourth-order valence-corrected chi connectivity index (χ4v) is 0.936. The monoisotopic (exact) mass is 176 g/mol. The average Bonchev–Trinajstić information content (AvgIpc) is 1.87. The van der Waals surface area contributed by atoms with E-state index in [2.05, 4.69) is 12.6 Å². The highest BCUT2D eigenvalue weighted by atomic mass is 32.1. The largest absolute Gasteiger partial charge is 0.481 e. The van der Waals surface area contributed by atoms with Gasteiger partial charge in [-0.2, -0.15) is 12.6 Å². The second kappa shape index (κ2) is 6.22. The van der Waals surface area contributed by atoms with Gasteiger partial charge in [0.05, 0.1) is 0 Å². The molecule has 0 aromatic rings. The van der Waals surface area contributed by atoms with Crippen LogP contribution in [0.3, 0.4) is 0 Å². The summed E-state index contributed by atoms with van der Waals surface area (Å²) in [6.07, 6.45) is 1.34. The fraction of sp³-hybridized carbons (Fsp3) is 0.714. The number of ketones is 1. The Morgan fingerprint density at radius 1 is 1.18 bits per heavy atom. The number of thiol groups is 1. The zero-order valence-corrected chi connectivity index (χ0v) is 7.14. The van der Waals surface area contributed by atoms with Crippen molar-refractivity contribution in [2.75, 3.05) is 5.75 Å². The van der Waals surface area contributed by atoms with Gasteiger partial charge >= 0.3 is 5.97 Å². The molecule has 0 saturated carbocycles. The molecule has 64 valence electrons. The normalized spacial score (nSPS) is 9.55. The Labute approximate surface area is 71.2 Å². The first-order valence-electron chi connectivity index (χ1n) is 3.51. The molecule has 0 heterocycles. The zero-order chi connectivity index (χ0) is 8.69. The van der Waals surface area contributed by atoms with Gasteiger partial charge in [0.15, 0.2) is 0 Å². The fourth-order valence-electron chi connectivity index (χ4n) is 0.686. The molecule has 0 aromatic carbocycles. The maximum absolute atomic E-state index is 10.8. The zero-order valence-electron chi connectivity index (χ0n) is 6.25. The van der Waals surface area contributed by atoms with E-state index in [0.717, 1.165) is 0 Å². The van der Waals surface area contributed by atoms with Gasteiger partial charge in [0, 0.05) is 19.3 Å². The van der Waals surface area contributed by atoms with Crippen molar-refractivity contribution in [3.05, 3.63) is 0 Å². The van der Waals surface area contributed by atoms with Gasteiger partial charge in [-0.1, -0.05) is 0 Å². The predicted octanol–water partition coefficient (Wildman–Crippen LogP) is 1.13. The molecule has 0 aromatic heterocycles. The molecule has 0 unspecified atom stereocenters. The quantitative estimate of drug-likeness (QED) is 0.596. The molecule has 0 radical (unpaired) electrons. The highest BCUT2D eigenvalue weighted by Gasteiger charge is 2.02. The molecule has 0 fully saturated rings. The van der Waals surface area contributed by atoms with Gasteiger partial charge in [-0.05, 0) is 12.2 Å². The summed E-state index contributed by atoms with van der Waals surface area (Å²) >= 11 is 3.89. The molecule has 4 heteroatoms. The first kappa shape index (κ1) is 10.5. The minimum absolute atomic E-state index is 0.0817.